The molecule has 4 rings (SSSR count). The molecule has 0 aliphatic carbocycles. The minimum atomic E-state index is -0.686. The highest BCUT2D eigenvalue weighted by Gasteiger charge is 2.38. The van der Waals surface area contributed by atoms with Gasteiger partial charge in [0.15, 0.2) is 0 Å². The maximum atomic E-state index is 15.2. The number of benzene rings is 3. The van der Waals surface area contributed by atoms with Gasteiger partial charge < -0.3 is 15.0 Å². The number of nitrogens with zero attached hydrogens (tertiary/aromatic N) is 1. The molecule has 6 nitrogen and oxygen atoms in total. The van der Waals surface area contributed by atoms with Gasteiger partial charge in [-0.2, -0.15) is 0 Å². The monoisotopic (exact) mass is 530 g/mol. The highest BCUT2D eigenvalue weighted by Crippen LogP contribution is 2.33. The van der Waals surface area contributed by atoms with Crippen LogP contribution in [0.1, 0.15) is 78.3 Å². The first-order valence-electron chi connectivity index (χ1n) is 13.4. The molecular formula is C32H35FN2O4. The van der Waals surface area contributed by atoms with Crippen molar-refractivity contribution in [2.24, 2.45) is 5.92 Å². The lowest BCUT2D eigenvalue weighted by atomic mass is 9.92. The molecule has 3 aromatic carbocycles. The molecule has 0 radical (unpaired) electrons. The van der Waals surface area contributed by atoms with Crippen LogP contribution in [0.5, 0.6) is 0 Å². The number of rotatable bonds is 9. The topological polar surface area (TPSA) is 75.7 Å². The zero-order valence-electron chi connectivity index (χ0n) is 23.1. The van der Waals surface area contributed by atoms with E-state index in [9.17, 15) is 14.4 Å². The molecule has 7 heteroatoms. The summed E-state index contributed by atoms with van der Waals surface area (Å²) in [5.41, 5.74) is 4.09. The van der Waals surface area contributed by atoms with Crippen molar-refractivity contribution in [1.29, 1.82) is 0 Å². The van der Waals surface area contributed by atoms with Crippen LogP contribution in [0.25, 0.3) is 11.1 Å². The summed E-state index contributed by atoms with van der Waals surface area (Å²) >= 11 is 0. The molecule has 0 saturated heterocycles. The maximum absolute atomic E-state index is 15.2. The largest absolute Gasteiger partial charge is 0.467 e. The Labute approximate surface area is 229 Å². The first kappa shape index (κ1) is 28.0. The lowest BCUT2D eigenvalue weighted by Gasteiger charge is -2.28. The minimum Gasteiger partial charge on any atom is -0.467 e. The van der Waals surface area contributed by atoms with E-state index in [1.54, 1.807) is 24.3 Å². The number of carbonyl (C=O) groups is 3. The van der Waals surface area contributed by atoms with E-state index in [0.717, 1.165) is 24.0 Å². The average molecular weight is 531 g/mol. The van der Waals surface area contributed by atoms with Gasteiger partial charge in [0.2, 0.25) is 0 Å². The van der Waals surface area contributed by atoms with Gasteiger partial charge in [0, 0.05) is 17.7 Å². The van der Waals surface area contributed by atoms with Crippen LogP contribution in [-0.4, -0.2) is 35.8 Å². The van der Waals surface area contributed by atoms with Crippen molar-refractivity contribution >= 4 is 23.5 Å². The standard InChI is InChI=1S/C32H35FN2O4/c1-6-9-20(4)24-10-7-8-11-25(24)30(36)34-28-15-14-22(17-27(28)33)21-12-13-23-18-35(31(37)26(23)16-21)29(19(2)3)32(38)39-5/h7-8,10-17,19-20,29H,6,9,18H2,1-5H3,(H,34,36)/t20?,29-/m0/s1. The van der Waals surface area contributed by atoms with Crippen LogP contribution in [0.15, 0.2) is 60.7 Å². The number of anilines is 1. The molecule has 1 unspecified atom stereocenters. The number of fused-ring (bicyclic) bond motifs is 1. The number of methoxy groups -OCH3 is 1. The number of ether oxygens (including phenoxy) is 1. The van der Waals surface area contributed by atoms with E-state index in [-0.39, 0.29) is 29.3 Å². The molecule has 3 aromatic rings. The Hall–Kier alpha value is -4.00. The normalized spacial score (nSPS) is 14.2. The molecule has 39 heavy (non-hydrogen) atoms. The lowest BCUT2D eigenvalue weighted by molar-refractivity contribution is -0.147. The highest BCUT2D eigenvalue weighted by molar-refractivity contribution is 6.05. The fraction of sp³-hybridized carbons (Fsp3) is 0.344. The van der Waals surface area contributed by atoms with Crippen LogP contribution in [0.2, 0.25) is 0 Å². The smallest absolute Gasteiger partial charge is 0.328 e. The first-order chi connectivity index (χ1) is 18.7. The van der Waals surface area contributed by atoms with Crippen LogP contribution in [0.3, 0.4) is 0 Å². The second kappa shape index (κ2) is 11.8. The fourth-order valence-corrected chi connectivity index (χ4v) is 5.32. The van der Waals surface area contributed by atoms with Gasteiger partial charge in [0.1, 0.15) is 11.9 Å². The lowest BCUT2D eigenvalue weighted by Crippen LogP contribution is -2.45. The zero-order chi connectivity index (χ0) is 28.3. The molecule has 0 spiro atoms. The quantitative estimate of drug-likeness (QED) is 0.309. The van der Waals surface area contributed by atoms with Crippen LogP contribution >= 0.6 is 0 Å². The molecule has 204 valence electrons. The zero-order valence-corrected chi connectivity index (χ0v) is 23.1. The predicted molar refractivity (Wildman–Crippen MR) is 150 cm³/mol. The van der Waals surface area contributed by atoms with Crippen molar-refractivity contribution in [1.82, 2.24) is 4.90 Å². The van der Waals surface area contributed by atoms with E-state index in [1.807, 2.05) is 38.1 Å². The van der Waals surface area contributed by atoms with E-state index < -0.39 is 17.8 Å². The molecule has 2 amide bonds. The number of hydrogen-bond acceptors (Lipinski definition) is 4. The molecular weight excluding hydrogens is 495 g/mol. The molecule has 2 atom stereocenters. The molecule has 0 aromatic heterocycles. The predicted octanol–water partition coefficient (Wildman–Crippen LogP) is 6.80. The summed E-state index contributed by atoms with van der Waals surface area (Å²) in [5.74, 6) is -1.53. The maximum Gasteiger partial charge on any atom is 0.328 e. The summed E-state index contributed by atoms with van der Waals surface area (Å²) in [6.07, 6.45) is 1.96. The Morgan fingerprint density at radius 3 is 2.38 bits per heavy atom. The molecule has 0 fully saturated rings. The molecule has 1 aliphatic heterocycles. The molecule has 1 N–H and O–H groups in total. The summed E-state index contributed by atoms with van der Waals surface area (Å²) < 4.78 is 20.1. The van der Waals surface area contributed by atoms with Crippen LogP contribution < -0.4 is 5.32 Å². The Bertz CT molecular complexity index is 1400. The van der Waals surface area contributed by atoms with Crippen molar-refractivity contribution in [2.75, 3.05) is 12.4 Å². The third-order valence-corrected chi connectivity index (χ3v) is 7.36. The summed E-state index contributed by atoms with van der Waals surface area (Å²) in [4.78, 5) is 40.2. The van der Waals surface area contributed by atoms with E-state index in [4.69, 9.17) is 4.74 Å². The molecule has 0 bridgehead atoms. The van der Waals surface area contributed by atoms with Gasteiger partial charge in [-0.05, 0) is 64.8 Å². The Kier molecular flexibility index (Phi) is 8.48. The molecule has 0 saturated carbocycles. The second-order valence-corrected chi connectivity index (χ2v) is 10.4. The first-order valence-corrected chi connectivity index (χ1v) is 13.4. The summed E-state index contributed by atoms with van der Waals surface area (Å²) in [6.45, 7) is 8.25. The number of hydrogen-bond donors (Lipinski definition) is 1. The van der Waals surface area contributed by atoms with Crippen molar-refractivity contribution in [2.45, 2.75) is 59.0 Å². The number of carbonyl (C=O) groups excluding carboxylic acids is 3. The Morgan fingerprint density at radius 2 is 1.72 bits per heavy atom. The summed E-state index contributed by atoms with van der Waals surface area (Å²) in [5, 5.41) is 2.72. The van der Waals surface area contributed by atoms with Crippen molar-refractivity contribution in [3.8, 4) is 11.1 Å². The van der Waals surface area contributed by atoms with Crippen molar-refractivity contribution in [3.05, 3.63) is 88.7 Å². The average Bonchev–Trinajstić information content (AvgIpc) is 3.24. The third kappa shape index (κ3) is 5.72. The van der Waals surface area contributed by atoms with Gasteiger partial charge in [-0.15, -0.1) is 0 Å². The second-order valence-electron chi connectivity index (χ2n) is 10.4. The van der Waals surface area contributed by atoms with E-state index in [2.05, 4.69) is 19.2 Å². The number of halogens is 1. The molecule has 1 aliphatic rings. The van der Waals surface area contributed by atoms with Crippen LogP contribution in [0, 0.1) is 11.7 Å². The van der Waals surface area contributed by atoms with E-state index in [1.165, 1.54) is 24.1 Å². The third-order valence-electron chi connectivity index (χ3n) is 7.36. The van der Waals surface area contributed by atoms with Gasteiger partial charge >= 0.3 is 5.97 Å². The van der Waals surface area contributed by atoms with Gasteiger partial charge in [0.05, 0.1) is 12.8 Å². The Morgan fingerprint density at radius 1 is 1.03 bits per heavy atom. The molecule has 1 heterocycles. The minimum absolute atomic E-state index is 0.0861. The SMILES string of the molecule is CCCC(C)c1ccccc1C(=O)Nc1ccc(-c2ccc3c(c2)C(=O)N([C@H](C(=O)OC)C(C)C)C3)cc1F. The van der Waals surface area contributed by atoms with Gasteiger partial charge in [-0.3, -0.25) is 9.59 Å². The highest BCUT2D eigenvalue weighted by atomic mass is 19.1. The van der Waals surface area contributed by atoms with E-state index in [0.29, 0.717) is 28.8 Å². The number of esters is 1. The number of nitrogens with one attached hydrogen (secondary N) is 1. The number of amides is 2. The summed E-state index contributed by atoms with van der Waals surface area (Å²) in [6, 6.07) is 16.7. The van der Waals surface area contributed by atoms with E-state index >= 15 is 4.39 Å². The summed E-state index contributed by atoms with van der Waals surface area (Å²) in [7, 11) is 1.32. The van der Waals surface area contributed by atoms with Crippen molar-refractivity contribution in [3.63, 3.8) is 0 Å². The van der Waals surface area contributed by atoms with Crippen LogP contribution in [-0.2, 0) is 16.1 Å². The fourth-order valence-electron chi connectivity index (χ4n) is 5.32. The van der Waals surface area contributed by atoms with Crippen LogP contribution in [0.4, 0.5) is 10.1 Å². The van der Waals surface area contributed by atoms with Gasteiger partial charge in [0.25, 0.3) is 11.8 Å². The van der Waals surface area contributed by atoms with Crippen molar-refractivity contribution < 1.29 is 23.5 Å². The Balaban J connectivity index is 1.55. The van der Waals surface area contributed by atoms with Gasteiger partial charge in [-0.1, -0.05) is 70.5 Å². The van der Waals surface area contributed by atoms with Gasteiger partial charge in [-0.25, -0.2) is 9.18 Å².